The van der Waals surface area contributed by atoms with E-state index in [4.69, 9.17) is 0 Å². The Morgan fingerprint density at radius 3 is 2.67 bits per heavy atom. The summed E-state index contributed by atoms with van der Waals surface area (Å²) >= 11 is 0. The van der Waals surface area contributed by atoms with Crippen LogP contribution in [0.3, 0.4) is 0 Å². The van der Waals surface area contributed by atoms with Crippen molar-refractivity contribution in [1.82, 2.24) is 20.0 Å². The number of aliphatic hydroxyl groups excluding tert-OH is 1. The topological polar surface area (TPSA) is 79.6 Å². The number of nitrogens with one attached hydrogen (secondary N) is 1. The minimum Gasteiger partial charge on any atom is -0.434 e. The van der Waals surface area contributed by atoms with E-state index in [1.54, 1.807) is 22.9 Å². The maximum absolute atomic E-state index is 13.0. The van der Waals surface area contributed by atoms with Crippen LogP contribution in [0.1, 0.15) is 32.9 Å². The average Bonchev–Trinajstić information content (AvgIpc) is 3.17. The summed E-state index contributed by atoms with van der Waals surface area (Å²) in [5.41, 5.74) is 3.68. The second kappa shape index (κ2) is 10.5. The van der Waals surface area contributed by atoms with Crippen LogP contribution in [0.4, 0.5) is 8.78 Å². The number of benzene rings is 2. The molecule has 4 rings (SSSR count). The summed E-state index contributed by atoms with van der Waals surface area (Å²) in [6, 6.07) is 16.3. The predicted octanol–water partition coefficient (Wildman–Crippen LogP) is 2.97. The largest absolute Gasteiger partial charge is 0.434 e. The van der Waals surface area contributed by atoms with E-state index in [9.17, 15) is 18.7 Å². The van der Waals surface area contributed by atoms with Crippen molar-refractivity contribution in [3.8, 4) is 5.75 Å². The SMILES string of the molecule is O=C(NCc1ccccc1)c1nn(CCO)c2c1CN(Cc1ccccc1OC(F)F)CC2. The normalized spacial score (nSPS) is 13.7. The first kappa shape index (κ1) is 22.9. The molecule has 0 bridgehead atoms. The third-order valence-electron chi connectivity index (χ3n) is 5.62. The van der Waals surface area contributed by atoms with Crippen LogP contribution in [-0.4, -0.2) is 45.5 Å². The van der Waals surface area contributed by atoms with Crippen LogP contribution in [0, 0.1) is 0 Å². The summed E-state index contributed by atoms with van der Waals surface area (Å²) in [7, 11) is 0. The number of aromatic nitrogens is 2. The zero-order valence-electron chi connectivity index (χ0n) is 18.1. The second-order valence-corrected chi connectivity index (χ2v) is 7.84. The number of fused-ring (bicyclic) bond motifs is 1. The zero-order chi connectivity index (χ0) is 23.2. The van der Waals surface area contributed by atoms with Crippen LogP contribution in [0.2, 0.25) is 0 Å². The molecule has 0 unspecified atom stereocenters. The van der Waals surface area contributed by atoms with Gasteiger partial charge in [0.05, 0.1) is 13.2 Å². The number of ether oxygens (including phenoxy) is 1. The van der Waals surface area contributed by atoms with E-state index in [1.165, 1.54) is 6.07 Å². The van der Waals surface area contributed by atoms with Gasteiger partial charge in [0.2, 0.25) is 0 Å². The van der Waals surface area contributed by atoms with Gasteiger partial charge in [0.25, 0.3) is 5.91 Å². The highest BCUT2D eigenvalue weighted by Crippen LogP contribution is 2.27. The Labute approximate surface area is 190 Å². The lowest BCUT2D eigenvalue weighted by molar-refractivity contribution is -0.0508. The molecule has 0 aliphatic carbocycles. The number of hydrogen-bond acceptors (Lipinski definition) is 5. The molecule has 2 aromatic carbocycles. The molecule has 0 saturated carbocycles. The first-order valence-corrected chi connectivity index (χ1v) is 10.8. The maximum Gasteiger partial charge on any atom is 0.387 e. The molecule has 7 nitrogen and oxygen atoms in total. The van der Waals surface area contributed by atoms with Crippen molar-refractivity contribution in [1.29, 1.82) is 0 Å². The molecule has 174 valence electrons. The van der Waals surface area contributed by atoms with Crippen LogP contribution in [-0.2, 0) is 32.6 Å². The third kappa shape index (κ3) is 5.55. The number of amides is 1. The Hall–Kier alpha value is -3.30. The number of rotatable bonds is 9. The number of alkyl halides is 2. The van der Waals surface area contributed by atoms with Crippen LogP contribution >= 0.6 is 0 Å². The molecule has 0 saturated heterocycles. The fourth-order valence-electron chi connectivity index (χ4n) is 4.09. The lowest BCUT2D eigenvalue weighted by atomic mass is 10.0. The van der Waals surface area contributed by atoms with Crippen molar-refractivity contribution in [2.45, 2.75) is 39.2 Å². The second-order valence-electron chi connectivity index (χ2n) is 7.84. The lowest BCUT2D eigenvalue weighted by Gasteiger charge is -2.28. The van der Waals surface area contributed by atoms with Gasteiger partial charge in [-0.2, -0.15) is 13.9 Å². The number of carbonyl (C=O) groups excluding carboxylic acids is 1. The number of nitrogens with zero attached hydrogens (tertiary/aromatic N) is 3. The smallest absolute Gasteiger partial charge is 0.387 e. The fourth-order valence-corrected chi connectivity index (χ4v) is 4.09. The van der Waals surface area contributed by atoms with E-state index >= 15 is 0 Å². The van der Waals surface area contributed by atoms with Gasteiger partial charge in [-0.1, -0.05) is 48.5 Å². The van der Waals surface area contributed by atoms with Crippen molar-refractivity contribution >= 4 is 5.91 Å². The van der Waals surface area contributed by atoms with Crippen molar-refractivity contribution in [2.75, 3.05) is 13.2 Å². The zero-order valence-corrected chi connectivity index (χ0v) is 18.1. The third-order valence-corrected chi connectivity index (χ3v) is 5.62. The molecule has 33 heavy (non-hydrogen) atoms. The number of aliphatic hydroxyl groups is 1. The van der Waals surface area contributed by atoms with E-state index in [-0.39, 0.29) is 18.3 Å². The summed E-state index contributed by atoms with van der Waals surface area (Å²) in [5.74, 6) is -0.134. The lowest BCUT2D eigenvalue weighted by Crippen LogP contribution is -2.32. The van der Waals surface area contributed by atoms with Crippen molar-refractivity contribution in [2.24, 2.45) is 0 Å². The molecule has 1 amide bonds. The van der Waals surface area contributed by atoms with E-state index < -0.39 is 6.61 Å². The maximum atomic E-state index is 13.0. The summed E-state index contributed by atoms with van der Waals surface area (Å²) < 4.78 is 31.9. The Morgan fingerprint density at radius 1 is 1.15 bits per heavy atom. The standard InChI is InChI=1S/C24H26F2N4O3/c25-24(26)33-21-9-5-4-8-18(21)15-29-11-10-20-19(16-29)22(28-30(20)12-13-31)23(32)27-14-17-6-2-1-3-7-17/h1-9,24,31H,10-16H2,(H,27,32). The molecule has 0 fully saturated rings. The minimum atomic E-state index is -2.89. The summed E-state index contributed by atoms with van der Waals surface area (Å²) in [4.78, 5) is 15.1. The fraction of sp³-hybridized carbons (Fsp3) is 0.333. The minimum absolute atomic E-state index is 0.0821. The molecule has 0 radical (unpaired) electrons. The van der Waals surface area contributed by atoms with E-state index in [1.807, 2.05) is 30.3 Å². The molecule has 1 aliphatic heterocycles. The van der Waals surface area contributed by atoms with E-state index in [2.05, 4.69) is 20.1 Å². The predicted molar refractivity (Wildman–Crippen MR) is 118 cm³/mol. The van der Waals surface area contributed by atoms with E-state index in [0.717, 1.165) is 16.8 Å². The molecule has 1 aromatic heterocycles. The van der Waals surface area contributed by atoms with Gasteiger partial charge in [-0.05, 0) is 11.6 Å². The van der Waals surface area contributed by atoms with Crippen LogP contribution in [0.5, 0.6) is 5.75 Å². The quantitative estimate of drug-likeness (QED) is 0.518. The van der Waals surface area contributed by atoms with Crippen LogP contribution < -0.4 is 10.1 Å². The van der Waals surface area contributed by atoms with Crippen molar-refractivity contribution in [3.05, 3.63) is 82.7 Å². The molecule has 2 N–H and O–H groups in total. The summed E-state index contributed by atoms with van der Waals surface area (Å²) in [6.07, 6.45) is 0.631. The monoisotopic (exact) mass is 456 g/mol. The first-order chi connectivity index (χ1) is 16.0. The Bertz CT molecular complexity index is 1090. The van der Waals surface area contributed by atoms with Gasteiger partial charge in [-0.15, -0.1) is 0 Å². The van der Waals surface area contributed by atoms with Gasteiger partial charge < -0.3 is 15.2 Å². The van der Waals surface area contributed by atoms with Crippen LogP contribution in [0.25, 0.3) is 0 Å². The van der Waals surface area contributed by atoms with Gasteiger partial charge >= 0.3 is 6.61 Å². The van der Waals surface area contributed by atoms with Crippen LogP contribution in [0.15, 0.2) is 54.6 Å². The van der Waals surface area contributed by atoms with E-state index in [0.29, 0.717) is 50.4 Å². The molecule has 9 heteroatoms. The number of carbonyl (C=O) groups is 1. The molecular weight excluding hydrogens is 430 g/mol. The van der Waals surface area contributed by atoms with Gasteiger partial charge in [-0.3, -0.25) is 14.4 Å². The highest BCUT2D eigenvalue weighted by molar-refractivity contribution is 5.94. The van der Waals surface area contributed by atoms with Crippen molar-refractivity contribution < 1.29 is 23.4 Å². The van der Waals surface area contributed by atoms with Gasteiger partial charge in [0, 0.05) is 49.4 Å². The molecule has 3 aromatic rings. The summed E-state index contributed by atoms with van der Waals surface area (Å²) in [6.45, 7) is -0.783. The molecule has 2 heterocycles. The first-order valence-electron chi connectivity index (χ1n) is 10.8. The average molecular weight is 456 g/mol. The Morgan fingerprint density at radius 2 is 1.91 bits per heavy atom. The molecule has 0 atom stereocenters. The van der Waals surface area contributed by atoms with Gasteiger partial charge in [0.15, 0.2) is 5.69 Å². The molecule has 1 aliphatic rings. The summed E-state index contributed by atoms with van der Waals surface area (Å²) in [5, 5.41) is 16.8. The number of hydrogen-bond donors (Lipinski definition) is 2. The highest BCUT2D eigenvalue weighted by Gasteiger charge is 2.28. The van der Waals surface area contributed by atoms with Crippen molar-refractivity contribution in [3.63, 3.8) is 0 Å². The highest BCUT2D eigenvalue weighted by atomic mass is 19.3. The van der Waals surface area contributed by atoms with Gasteiger partial charge in [-0.25, -0.2) is 0 Å². The molecule has 0 spiro atoms. The van der Waals surface area contributed by atoms with Gasteiger partial charge in [0.1, 0.15) is 5.75 Å². The number of para-hydroxylation sites is 1. The molecular formula is C24H26F2N4O3. The number of halogens is 2. The Balaban J connectivity index is 1.53. The Kier molecular flexibility index (Phi) is 7.31.